The van der Waals surface area contributed by atoms with Crippen LogP contribution in [-0.2, 0) is 18.4 Å². The fourth-order valence-corrected chi connectivity index (χ4v) is 6.24. The largest absolute Gasteiger partial charge is 0.356 e. The van der Waals surface area contributed by atoms with Gasteiger partial charge in [-0.25, -0.2) is 9.78 Å². The van der Waals surface area contributed by atoms with Crippen LogP contribution in [0.1, 0.15) is 59.6 Å². The number of rotatable bonds is 3. The van der Waals surface area contributed by atoms with Gasteiger partial charge in [-0.3, -0.25) is 9.89 Å². The van der Waals surface area contributed by atoms with Crippen LogP contribution in [0.15, 0.2) is 42.6 Å². The second-order valence-electron chi connectivity index (χ2n) is 11.4. The molecule has 5 heterocycles. The van der Waals surface area contributed by atoms with Crippen LogP contribution >= 0.6 is 0 Å². The monoisotopic (exact) mass is 513 g/mol. The van der Waals surface area contributed by atoms with E-state index in [9.17, 15) is 9.59 Å². The molecule has 2 N–H and O–H groups in total. The molecule has 3 aromatic rings. The van der Waals surface area contributed by atoms with Crippen molar-refractivity contribution in [3.63, 3.8) is 0 Å². The number of pyridine rings is 1. The van der Waals surface area contributed by atoms with Crippen molar-refractivity contribution in [2.24, 2.45) is 0 Å². The summed E-state index contributed by atoms with van der Waals surface area (Å²) >= 11 is 0. The molecule has 1 aromatic carbocycles. The lowest BCUT2D eigenvalue weighted by atomic mass is 9.83. The second-order valence-corrected chi connectivity index (χ2v) is 11.4. The lowest BCUT2D eigenvalue weighted by molar-refractivity contribution is 0.0684. The molecule has 6 rings (SSSR count). The van der Waals surface area contributed by atoms with E-state index in [1.165, 1.54) is 5.56 Å². The van der Waals surface area contributed by atoms with Crippen molar-refractivity contribution in [1.82, 2.24) is 25.0 Å². The van der Waals surface area contributed by atoms with Crippen LogP contribution in [0.5, 0.6) is 0 Å². The molecule has 3 aliphatic heterocycles. The third-order valence-corrected chi connectivity index (χ3v) is 8.19. The van der Waals surface area contributed by atoms with Crippen molar-refractivity contribution in [3.8, 4) is 0 Å². The number of piperidine rings is 1. The number of carbonyl (C=O) groups is 2. The number of amides is 3. The summed E-state index contributed by atoms with van der Waals surface area (Å²) in [6.07, 6.45) is 4.42. The van der Waals surface area contributed by atoms with E-state index < -0.39 is 0 Å². The predicted molar refractivity (Wildman–Crippen MR) is 146 cm³/mol. The summed E-state index contributed by atoms with van der Waals surface area (Å²) in [4.78, 5) is 37.6. The number of anilines is 2. The van der Waals surface area contributed by atoms with Gasteiger partial charge in [-0.2, -0.15) is 5.10 Å². The summed E-state index contributed by atoms with van der Waals surface area (Å²) in [5.74, 6) is 0.854. The summed E-state index contributed by atoms with van der Waals surface area (Å²) in [6.45, 7) is 9.71. The van der Waals surface area contributed by atoms with Crippen LogP contribution in [0.3, 0.4) is 0 Å². The number of fused-ring (bicyclic) bond motifs is 2. The standard InChI is InChI=1S/C29H35N7O2/c1-19-14-21(27(37)35-17-22-16-30-33-26(22)29(2,3)18-35)15-25(31-19)34-11-9-23(10-12-34)36-13-8-20-6-4-5-7-24(20)32-28(36)38/h4-7,14-16,23H,8-13,17-18H2,1-3H3,(H,30,33)(H,32,38). The molecule has 9 nitrogen and oxygen atoms in total. The first-order valence-corrected chi connectivity index (χ1v) is 13.5. The molecule has 0 bridgehead atoms. The molecule has 9 heteroatoms. The molecule has 0 radical (unpaired) electrons. The number of carbonyl (C=O) groups excluding carboxylic acids is 2. The van der Waals surface area contributed by atoms with Gasteiger partial charge in [0, 0.05) is 72.4 Å². The molecule has 38 heavy (non-hydrogen) atoms. The Balaban J connectivity index is 1.14. The van der Waals surface area contributed by atoms with Gasteiger partial charge in [-0.1, -0.05) is 32.0 Å². The molecule has 0 spiro atoms. The Labute approximate surface area is 223 Å². The van der Waals surface area contributed by atoms with Crippen molar-refractivity contribution < 1.29 is 9.59 Å². The van der Waals surface area contributed by atoms with E-state index in [-0.39, 0.29) is 23.4 Å². The normalized spacial score (nSPS) is 19.4. The van der Waals surface area contributed by atoms with Gasteiger partial charge in [0.2, 0.25) is 0 Å². The first-order chi connectivity index (χ1) is 18.3. The van der Waals surface area contributed by atoms with Gasteiger partial charge in [0.15, 0.2) is 0 Å². The predicted octanol–water partition coefficient (Wildman–Crippen LogP) is 4.11. The maximum atomic E-state index is 13.6. The quantitative estimate of drug-likeness (QED) is 0.550. The topological polar surface area (TPSA) is 97.5 Å². The number of aromatic amines is 1. The third-order valence-electron chi connectivity index (χ3n) is 8.19. The number of nitrogens with zero attached hydrogens (tertiary/aromatic N) is 5. The summed E-state index contributed by atoms with van der Waals surface area (Å²) in [5, 5.41) is 10.4. The first-order valence-electron chi connectivity index (χ1n) is 13.5. The maximum Gasteiger partial charge on any atom is 0.322 e. The van der Waals surface area contributed by atoms with Gasteiger partial charge in [-0.15, -0.1) is 0 Å². The molecule has 0 saturated carbocycles. The zero-order chi connectivity index (χ0) is 26.4. The number of nitrogens with one attached hydrogen (secondary N) is 2. The van der Waals surface area contributed by atoms with E-state index in [1.807, 2.05) is 53.3 Å². The average molecular weight is 514 g/mol. The molecular weight excluding hydrogens is 478 g/mol. The molecule has 2 aromatic heterocycles. The number of hydrogen-bond acceptors (Lipinski definition) is 5. The zero-order valence-corrected chi connectivity index (χ0v) is 22.3. The minimum atomic E-state index is -0.187. The smallest absolute Gasteiger partial charge is 0.322 e. The van der Waals surface area contributed by atoms with Crippen molar-refractivity contribution >= 4 is 23.4 Å². The Morgan fingerprint density at radius 2 is 1.87 bits per heavy atom. The molecule has 0 unspecified atom stereocenters. The van der Waals surface area contributed by atoms with Gasteiger partial charge in [0.25, 0.3) is 5.91 Å². The highest BCUT2D eigenvalue weighted by atomic mass is 16.2. The number of aromatic nitrogens is 3. The number of H-pyrrole nitrogens is 1. The fraction of sp³-hybridized carbons (Fsp3) is 0.448. The minimum absolute atomic E-state index is 0.0137. The van der Waals surface area contributed by atoms with Crippen LogP contribution in [0.2, 0.25) is 0 Å². The second kappa shape index (κ2) is 9.45. The van der Waals surface area contributed by atoms with Gasteiger partial charge in [0.1, 0.15) is 5.82 Å². The molecule has 3 aliphatic rings. The van der Waals surface area contributed by atoms with Crippen molar-refractivity contribution in [2.75, 3.05) is 36.4 Å². The van der Waals surface area contributed by atoms with E-state index in [0.717, 1.165) is 67.4 Å². The van der Waals surface area contributed by atoms with E-state index in [0.29, 0.717) is 18.7 Å². The number of benzene rings is 1. The Bertz CT molecular complexity index is 1370. The SMILES string of the molecule is Cc1cc(C(=O)N2Cc3cn[nH]c3C(C)(C)C2)cc(N2CCC(N3CCc4ccccc4NC3=O)CC2)n1. The molecule has 0 atom stereocenters. The molecule has 0 aliphatic carbocycles. The van der Waals surface area contributed by atoms with Crippen LogP contribution < -0.4 is 10.2 Å². The molecular formula is C29H35N7O2. The number of hydrogen-bond donors (Lipinski definition) is 2. The summed E-state index contributed by atoms with van der Waals surface area (Å²) in [6, 6.07) is 12.0. The number of urea groups is 1. The molecule has 198 valence electrons. The fourth-order valence-electron chi connectivity index (χ4n) is 6.24. The summed E-state index contributed by atoms with van der Waals surface area (Å²) in [7, 11) is 0. The van der Waals surface area contributed by atoms with Crippen LogP contribution in [0.4, 0.5) is 16.3 Å². The minimum Gasteiger partial charge on any atom is -0.356 e. The lowest BCUT2D eigenvalue weighted by Crippen LogP contribution is -2.49. The molecule has 3 amide bonds. The van der Waals surface area contributed by atoms with E-state index in [1.54, 1.807) is 0 Å². The van der Waals surface area contributed by atoms with E-state index >= 15 is 0 Å². The van der Waals surface area contributed by atoms with Gasteiger partial charge >= 0.3 is 6.03 Å². The van der Waals surface area contributed by atoms with Crippen LogP contribution in [0, 0.1) is 6.92 Å². The highest BCUT2D eigenvalue weighted by Crippen LogP contribution is 2.33. The van der Waals surface area contributed by atoms with Gasteiger partial charge in [0.05, 0.1) is 6.20 Å². The zero-order valence-electron chi connectivity index (χ0n) is 22.3. The summed E-state index contributed by atoms with van der Waals surface area (Å²) in [5.41, 5.74) is 5.59. The maximum absolute atomic E-state index is 13.6. The van der Waals surface area contributed by atoms with Gasteiger partial charge in [-0.05, 0) is 49.9 Å². The Morgan fingerprint density at radius 1 is 1.08 bits per heavy atom. The van der Waals surface area contributed by atoms with E-state index in [4.69, 9.17) is 4.98 Å². The lowest BCUT2D eigenvalue weighted by Gasteiger charge is -2.39. The Hall–Kier alpha value is -3.88. The summed E-state index contributed by atoms with van der Waals surface area (Å²) < 4.78 is 0. The molecule has 1 fully saturated rings. The molecule has 1 saturated heterocycles. The number of aryl methyl sites for hydroxylation is 1. The van der Waals surface area contributed by atoms with Crippen LogP contribution in [0.25, 0.3) is 0 Å². The highest BCUT2D eigenvalue weighted by Gasteiger charge is 2.36. The first kappa shape index (κ1) is 24.5. The Morgan fingerprint density at radius 3 is 2.68 bits per heavy atom. The van der Waals surface area contributed by atoms with Crippen molar-refractivity contribution in [3.05, 3.63) is 70.7 Å². The number of para-hydroxylation sites is 1. The van der Waals surface area contributed by atoms with Crippen LogP contribution in [-0.4, -0.2) is 69.1 Å². The average Bonchev–Trinajstić information content (AvgIpc) is 3.32. The van der Waals surface area contributed by atoms with Crippen molar-refractivity contribution in [1.29, 1.82) is 0 Å². The Kier molecular flexibility index (Phi) is 6.08. The van der Waals surface area contributed by atoms with Crippen molar-refractivity contribution in [2.45, 2.75) is 58.0 Å². The van der Waals surface area contributed by atoms with Gasteiger partial charge < -0.3 is 20.0 Å². The highest BCUT2D eigenvalue weighted by molar-refractivity contribution is 5.95. The third kappa shape index (κ3) is 4.50. The van der Waals surface area contributed by atoms with E-state index in [2.05, 4.69) is 40.3 Å².